The number of nitrogens with zero attached hydrogens (tertiary/aromatic N) is 5. The van der Waals surface area contributed by atoms with E-state index in [-0.39, 0.29) is 12.3 Å². The van der Waals surface area contributed by atoms with Crippen molar-refractivity contribution in [3.8, 4) is 16.9 Å². The van der Waals surface area contributed by atoms with Crippen LogP contribution in [0.15, 0.2) is 71.5 Å². The van der Waals surface area contributed by atoms with E-state index < -0.39 is 0 Å². The molecule has 1 N–H and O–H groups in total. The molecule has 0 saturated heterocycles. The summed E-state index contributed by atoms with van der Waals surface area (Å²) in [7, 11) is 0. The summed E-state index contributed by atoms with van der Waals surface area (Å²) in [5, 5.41) is 11.6. The predicted octanol–water partition coefficient (Wildman–Crippen LogP) is 3.39. The highest BCUT2D eigenvalue weighted by atomic mass is 32.1. The lowest BCUT2D eigenvalue weighted by atomic mass is 10.1. The Balaban J connectivity index is 1.56. The van der Waals surface area contributed by atoms with Gasteiger partial charge < -0.3 is 0 Å². The quantitative estimate of drug-likeness (QED) is 0.396. The number of benzene rings is 1. The van der Waals surface area contributed by atoms with Crippen LogP contribution in [0.3, 0.4) is 0 Å². The van der Waals surface area contributed by atoms with Crippen LogP contribution in [0, 0.1) is 6.92 Å². The van der Waals surface area contributed by atoms with E-state index in [4.69, 9.17) is 0 Å². The summed E-state index contributed by atoms with van der Waals surface area (Å²) >= 11 is 1.52. The molecule has 0 bridgehead atoms. The Kier molecular flexibility index (Phi) is 5.53. The normalized spacial score (nSPS) is 11.1. The number of hydrogen-bond acceptors (Lipinski definition) is 6. The maximum atomic E-state index is 12.1. The van der Waals surface area contributed by atoms with Crippen LogP contribution in [0.4, 0.5) is 0 Å². The van der Waals surface area contributed by atoms with E-state index in [1.807, 2.05) is 61.0 Å². The summed E-state index contributed by atoms with van der Waals surface area (Å²) in [4.78, 5) is 20.6. The average Bonchev–Trinajstić information content (AvgIpc) is 3.35. The zero-order chi connectivity index (χ0) is 20.1. The van der Waals surface area contributed by atoms with Gasteiger partial charge in [0.1, 0.15) is 5.69 Å². The smallest absolute Gasteiger partial charge is 0.246 e. The number of aryl methyl sites for hydroxylation is 1. The minimum atomic E-state index is -0.218. The topological polar surface area (TPSA) is 85.1 Å². The van der Waals surface area contributed by atoms with Crippen LogP contribution in [-0.2, 0) is 11.2 Å². The molecule has 0 saturated carbocycles. The van der Waals surface area contributed by atoms with Gasteiger partial charge in [-0.15, -0.1) is 11.3 Å². The zero-order valence-electron chi connectivity index (χ0n) is 15.7. The van der Waals surface area contributed by atoms with Crippen LogP contribution in [0.5, 0.6) is 0 Å². The second-order valence-corrected chi connectivity index (χ2v) is 7.34. The SMILES string of the molecule is Cc1nc(CC(=O)N/N=C\c2cn(-c3ccccc3)nc2-c2cccnc2)cs1. The first-order valence-corrected chi connectivity index (χ1v) is 9.85. The van der Waals surface area contributed by atoms with Gasteiger partial charge in [0.2, 0.25) is 5.91 Å². The Labute approximate surface area is 171 Å². The van der Waals surface area contributed by atoms with E-state index in [2.05, 4.69) is 25.6 Å². The fourth-order valence-electron chi connectivity index (χ4n) is 2.79. The van der Waals surface area contributed by atoms with Crippen molar-refractivity contribution < 1.29 is 4.79 Å². The van der Waals surface area contributed by atoms with Crippen LogP contribution < -0.4 is 5.43 Å². The first kappa shape index (κ1) is 18.7. The largest absolute Gasteiger partial charge is 0.273 e. The highest BCUT2D eigenvalue weighted by molar-refractivity contribution is 7.09. The lowest BCUT2D eigenvalue weighted by Crippen LogP contribution is -2.19. The van der Waals surface area contributed by atoms with Gasteiger partial charge in [0, 0.05) is 35.1 Å². The molecule has 0 aliphatic carbocycles. The van der Waals surface area contributed by atoms with E-state index in [0.29, 0.717) is 0 Å². The molecular formula is C21H18N6OS. The molecule has 0 unspecified atom stereocenters. The van der Waals surface area contributed by atoms with Crippen molar-refractivity contribution in [3.05, 3.63) is 82.7 Å². The Morgan fingerprint density at radius 2 is 2.10 bits per heavy atom. The number of hydrogen-bond donors (Lipinski definition) is 1. The van der Waals surface area contributed by atoms with Gasteiger partial charge in [-0.1, -0.05) is 18.2 Å². The van der Waals surface area contributed by atoms with E-state index in [1.54, 1.807) is 23.3 Å². The number of thiazole rings is 1. The third-order valence-corrected chi connectivity index (χ3v) is 4.92. The molecule has 4 aromatic rings. The third kappa shape index (κ3) is 4.61. The van der Waals surface area contributed by atoms with Crippen molar-refractivity contribution in [2.75, 3.05) is 0 Å². The van der Waals surface area contributed by atoms with Crippen LogP contribution in [0.1, 0.15) is 16.3 Å². The molecule has 0 fully saturated rings. The van der Waals surface area contributed by atoms with Crippen molar-refractivity contribution in [3.63, 3.8) is 0 Å². The lowest BCUT2D eigenvalue weighted by Gasteiger charge is -2.00. The summed E-state index contributed by atoms with van der Waals surface area (Å²) < 4.78 is 1.78. The molecule has 7 nitrogen and oxygen atoms in total. The Morgan fingerprint density at radius 1 is 1.24 bits per heavy atom. The van der Waals surface area contributed by atoms with Crippen molar-refractivity contribution >= 4 is 23.5 Å². The number of hydrazone groups is 1. The number of rotatable bonds is 6. The molecule has 8 heteroatoms. The van der Waals surface area contributed by atoms with E-state index >= 15 is 0 Å². The number of carbonyl (C=O) groups excluding carboxylic acids is 1. The van der Waals surface area contributed by atoms with Gasteiger partial charge in [-0.25, -0.2) is 15.1 Å². The molecule has 0 spiro atoms. The molecule has 0 aliphatic rings. The molecule has 144 valence electrons. The molecule has 0 atom stereocenters. The Morgan fingerprint density at radius 3 is 2.83 bits per heavy atom. The summed E-state index contributed by atoms with van der Waals surface area (Å²) in [6.07, 6.45) is 7.13. The molecule has 1 aromatic carbocycles. The summed E-state index contributed by atoms with van der Waals surface area (Å²) in [5.41, 5.74) is 6.60. The molecular weight excluding hydrogens is 384 g/mol. The fraction of sp³-hybridized carbons (Fsp3) is 0.0952. The zero-order valence-corrected chi connectivity index (χ0v) is 16.5. The summed E-state index contributed by atoms with van der Waals surface area (Å²) in [6, 6.07) is 13.6. The monoisotopic (exact) mass is 402 g/mol. The Bertz CT molecular complexity index is 1130. The van der Waals surface area contributed by atoms with Crippen molar-refractivity contribution in [2.45, 2.75) is 13.3 Å². The number of carbonyl (C=O) groups is 1. The highest BCUT2D eigenvalue weighted by Gasteiger charge is 2.11. The van der Waals surface area contributed by atoms with Gasteiger partial charge in [-0.3, -0.25) is 9.78 Å². The number of amides is 1. The van der Waals surface area contributed by atoms with Crippen LogP contribution in [-0.4, -0.2) is 31.9 Å². The number of pyridine rings is 1. The van der Waals surface area contributed by atoms with Gasteiger partial charge in [0.15, 0.2) is 0 Å². The van der Waals surface area contributed by atoms with Gasteiger partial charge in [-0.2, -0.15) is 10.2 Å². The van der Waals surface area contributed by atoms with Gasteiger partial charge in [-0.05, 0) is 31.2 Å². The van der Waals surface area contributed by atoms with Crippen LogP contribution in [0.25, 0.3) is 16.9 Å². The fourth-order valence-corrected chi connectivity index (χ4v) is 3.40. The van der Waals surface area contributed by atoms with Crippen molar-refractivity contribution in [2.24, 2.45) is 5.10 Å². The van der Waals surface area contributed by atoms with Gasteiger partial charge in [0.25, 0.3) is 0 Å². The molecule has 3 aromatic heterocycles. The number of para-hydroxylation sites is 1. The summed E-state index contributed by atoms with van der Waals surface area (Å²) in [5.74, 6) is -0.218. The minimum Gasteiger partial charge on any atom is -0.273 e. The molecule has 3 heterocycles. The summed E-state index contributed by atoms with van der Waals surface area (Å²) in [6.45, 7) is 1.91. The highest BCUT2D eigenvalue weighted by Crippen LogP contribution is 2.21. The van der Waals surface area contributed by atoms with Crippen molar-refractivity contribution in [1.29, 1.82) is 0 Å². The predicted molar refractivity (Wildman–Crippen MR) is 113 cm³/mol. The molecule has 1 amide bonds. The number of aromatic nitrogens is 4. The van der Waals surface area contributed by atoms with Crippen LogP contribution in [0.2, 0.25) is 0 Å². The first-order chi connectivity index (χ1) is 14.2. The minimum absolute atomic E-state index is 0.195. The second-order valence-electron chi connectivity index (χ2n) is 6.28. The lowest BCUT2D eigenvalue weighted by molar-refractivity contribution is -0.120. The second kappa shape index (κ2) is 8.57. The number of nitrogens with one attached hydrogen (secondary N) is 1. The third-order valence-electron chi connectivity index (χ3n) is 4.10. The van der Waals surface area contributed by atoms with E-state index in [1.165, 1.54) is 11.3 Å². The van der Waals surface area contributed by atoms with Crippen LogP contribution >= 0.6 is 11.3 Å². The maximum Gasteiger partial charge on any atom is 0.246 e. The van der Waals surface area contributed by atoms with E-state index in [9.17, 15) is 4.79 Å². The van der Waals surface area contributed by atoms with Crippen molar-refractivity contribution in [1.82, 2.24) is 25.2 Å². The average molecular weight is 402 g/mol. The molecule has 4 rings (SSSR count). The first-order valence-electron chi connectivity index (χ1n) is 8.97. The maximum absolute atomic E-state index is 12.1. The Hall–Kier alpha value is -3.65. The molecule has 0 aliphatic heterocycles. The van der Waals surface area contributed by atoms with E-state index in [0.717, 1.165) is 33.2 Å². The molecule has 29 heavy (non-hydrogen) atoms. The van der Waals surface area contributed by atoms with Gasteiger partial charge >= 0.3 is 0 Å². The van der Waals surface area contributed by atoms with Gasteiger partial charge in [0.05, 0.1) is 29.0 Å². The standard InChI is InChI=1S/C21H18N6OS/c1-15-24-18(14-29-15)10-20(28)25-23-12-17-13-27(19-7-3-2-4-8-19)26-21(17)16-6-5-9-22-11-16/h2-9,11-14H,10H2,1H3,(H,25,28)/b23-12-. The molecule has 0 radical (unpaired) electrons.